The van der Waals surface area contributed by atoms with Crippen LogP contribution in [0.4, 0.5) is 0 Å². The summed E-state index contributed by atoms with van der Waals surface area (Å²) in [5.74, 6) is -0.133. The number of nitrogens with zero attached hydrogens (tertiary/aromatic N) is 3. The molecule has 2 aliphatic rings. The van der Waals surface area contributed by atoms with Crippen LogP contribution in [0, 0.1) is 5.92 Å². The maximum absolute atomic E-state index is 13.3. The van der Waals surface area contributed by atoms with E-state index < -0.39 is 10.0 Å². The van der Waals surface area contributed by atoms with Crippen molar-refractivity contribution in [1.29, 1.82) is 0 Å². The molecule has 29 heavy (non-hydrogen) atoms. The van der Waals surface area contributed by atoms with E-state index in [2.05, 4.69) is 11.8 Å². The number of sulfonamides is 1. The molecule has 1 amide bonds. The van der Waals surface area contributed by atoms with Crippen molar-refractivity contribution in [2.75, 3.05) is 45.8 Å². The highest BCUT2D eigenvalue weighted by atomic mass is 32.2. The maximum atomic E-state index is 13.3. The molecule has 7 heteroatoms. The topological polar surface area (TPSA) is 60.9 Å². The molecule has 2 aromatic carbocycles. The van der Waals surface area contributed by atoms with Crippen LogP contribution in [0.5, 0.6) is 0 Å². The minimum atomic E-state index is -3.61. The fraction of sp³-hybridized carbons (Fsp3) is 0.500. The van der Waals surface area contributed by atoms with Crippen LogP contribution in [0.3, 0.4) is 0 Å². The van der Waals surface area contributed by atoms with Crippen molar-refractivity contribution in [3.8, 4) is 0 Å². The van der Waals surface area contributed by atoms with Crippen LogP contribution in [-0.2, 0) is 14.8 Å². The molecule has 0 aliphatic carbocycles. The summed E-state index contributed by atoms with van der Waals surface area (Å²) in [6.45, 7) is 7.16. The van der Waals surface area contributed by atoms with Gasteiger partial charge in [-0.1, -0.05) is 37.3 Å². The van der Waals surface area contributed by atoms with E-state index in [0.29, 0.717) is 11.4 Å². The summed E-state index contributed by atoms with van der Waals surface area (Å²) in [7, 11) is -3.61. The number of piperazine rings is 1. The van der Waals surface area contributed by atoms with Gasteiger partial charge in [-0.15, -0.1) is 0 Å². The van der Waals surface area contributed by atoms with Crippen LogP contribution in [0.1, 0.15) is 19.8 Å². The van der Waals surface area contributed by atoms with E-state index in [0.717, 1.165) is 56.3 Å². The van der Waals surface area contributed by atoms with Crippen LogP contribution < -0.4 is 0 Å². The molecule has 0 aromatic heterocycles. The van der Waals surface area contributed by atoms with Gasteiger partial charge in [0.2, 0.25) is 15.9 Å². The summed E-state index contributed by atoms with van der Waals surface area (Å²) >= 11 is 0. The van der Waals surface area contributed by atoms with Gasteiger partial charge in [0, 0.05) is 39.3 Å². The second kappa shape index (κ2) is 8.42. The number of hydrogen-bond donors (Lipinski definition) is 0. The Labute approximate surface area is 173 Å². The van der Waals surface area contributed by atoms with Crippen molar-refractivity contribution < 1.29 is 13.2 Å². The molecular formula is C22H29N3O3S. The first-order valence-corrected chi connectivity index (χ1v) is 11.9. The molecule has 0 radical (unpaired) electrons. The van der Waals surface area contributed by atoms with E-state index in [1.807, 2.05) is 35.2 Å². The Bertz CT molecular complexity index is 984. The zero-order chi connectivity index (χ0) is 20.4. The third-order valence-corrected chi connectivity index (χ3v) is 8.08. The number of hydrogen-bond acceptors (Lipinski definition) is 4. The van der Waals surface area contributed by atoms with Gasteiger partial charge in [0.15, 0.2) is 0 Å². The monoisotopic (exact) mass is 415 g/mol. The molecule has 0 unspecified atom stereocenters. The van der Waals surface area contributed by atoms with Crippen molar-refractivity contribution in [2.24, 2.45) is 5.92 Å². The largest absolute Gasteiger partial charge is 0.340 e. The summed E-state index contributed by atoms with van der Waals surface area (Å²) < 4.78 is 28.0. The number of piperidine rings is 1. The number of fused-ring (bicyclic) bond motifs is 1. The van der Waals surface area contributed by atoms with E-state index in [-0.39, 0.29) is 18.4 Å². The fourth-order valence-corrected chi connectivity index (χ4v) is 5.94. The first kappa shape index (κ1) is 20.3. The molecule has 2 heterocycles. The molecular weight excluding hydrogens is 386 g/mol. The average molecular weight is 416 g/mol. The lowest BCUT2D eigenvalue weighted by atomic mass is 9.98. The first-order chi connectivity index (χ1) is 14.0. The highest BCUT2D eigenvalue weighted by Crippen LogP contribution is 2.27. The number of carbonyl (C=O) groups is 1. The third-order valence-electron chi connectivity index (χ3n) is 6.22. The highest BCUT2D eigenvalue weighted by molar-refractivity contribution is 7.89. The van der Waals surface area contributed by atoms with Crippen LogP contribution in [0.15, 0.2) is 47.4 Å². The summed E-state index contributed by atoms with van der Waals surface area (Å²) in [6, 6.07) is 13.0. The van der Waals surface area contributed by atoms with E-state index in [9.17, 15) is 13.2 Å². The smallest absolute Gasteiger partial charge is 0.243 e. The molecule has 2 saturated heterocycles. The number of likely N-dealkylation sites (N-methyl/N-ethyl adjacent to an activating group) is 1. The molecule has 4 rings (SSSR count). The van der Waals surface area contributed by atoms with Crippen molar-refractivity contribution >= 4 is 26.7 Å². The average Bonchev–Trinajstić information content (AvgIpc) is 2.78. The lowest BCUT2D eigenvalue weighted by molar-refractivity contribution is -0.138. The number of rotatable bonds is 4. The molecule has 0 saturated carbocycles. The summed E-state index contributed by atoms with van der Waals surface area (Å²) in [5.41, 5.74) is 0. The molecule has 0 spiro atoms. The lowest BCUT2D eigenvalue weighted by Gasteiger charge is -2.38. The van der Waals surface area contributed by atoms with Gasteiger partial charge in [0.05, 0.1) is 10.8 Å². The Morgan fingerprint density at radius 3 is 2.45 bits per heavy atom. The first-order valence-electron chi connectivity index (χ1n) is 10.5. The Morgan fingerprint density at radius 1 is 1.00 bits per heavy atom. The summed E-state index contributed by atoms with van der Waals surface area (Å²) in [4.78, 5) is 17.6. The van der Waals surface area contributed by atoms with Gasteiger partial charge in [-0.25, -0.2) is 8.42 Å². The molecule has 6 nitrogen and oxygen atoms in total. The number of carbonyl (C=O) groups excluding carboxylic acids is 1. The Kier molecular flexibility index (Phi) is 5.90. The molecule has 1 atom stereocenters. The normalized spacial score (nSPS) is 22.1. The summed E-state index contributed by atoms with van der Waals surface area (Å²) in [5, 5.41) is 1.93. The lowest BCUT2D eigenvalue weighted by Crippen LogP contribution is -2.52. The molecule has 2 fully saturated rings. The molecule has 0 bridgehead atoms. The van der Waals surface area contributed by atoms with Crippen LogP contribution in [0.2, 0.25) is 0 Å². The van der Waals surface area contributed by atoms with E-state index in [4.69, 9.17) is 0 Å². The highest BCUT2D eigenvalue weighted by Gasteiger charge is 2.35. The van der Waals surface area contributed by atoms with Gasteiger partial charge in [0.25, 0.3) is 0 Å². The van der Waals surface area contributed by atoms with Gasteiger partial charge in [-0.3, -0.25) is 4.79 Å². The number of benzene rings is 2. The maximum Gasteiger partial charge on any atom is 0.243 e. The van der Waals surface area contributed by atoms with Crippen LogP contribution >= 0.6 is 0 Å². The number of amides is 1. The van der Waals surface area contributed by atoms with Gasteiger partial charge < -0.3 is 9.80 Å². The fourth-order valence-electron chi connectivity index (χ4n) is 4.38. The minimum absolute atomic E-state index is 0.110. The third kappa shape index (κ3) is 4.17. The van der Waals surface area contributed by atoms with Gasteiger partial charge >= 0.3 is 0 Å². The summed E-state index contributed by atoms with van der Waals surface area (Å²) in [6.07, 6.45) is 1.48. The van der Waals surface area contributed by atoms with E-state index >= 15 is 0 Å². The van der Waals surface area contributed by atoms with Crippen LogP contribution in [-0.4, -0.2) is 74.2 Å². The zero-order valence-electron chi connectivity index (χ0n) is 17.0. The second-order valence-corrected chi connectivity index (χ2v) is 9.91. The van der Waals surface area contributed by atoms with Gasteiger partial charge in [-0.2, -0.15) is 4.31 Å². The molecule has 156 valence electrons. The molecule has 2 aromatic rings. The van der Waals surface area contributed by atoms with Gasteiger partial charge in [-0.05, 0) is 42.3 Å². The van der Waals surface area contributed by atoms with Crippen molar-refractivity contribution in [3.05, 3.63) is 42.5 Å². The Morgan fingerprint density at radius 2 is 1.72 bits per heavy atom. The minimum Gasteiger partial charge on any atom is -0.340 e. The zero-order valence-corrected chi connectivity index (χ0v) is 17.8. The predicted octanol–water partition coefficient (Wildman–Crippen LogP) is 2.40. The Hall–Kier alpha value is -1.96. The molecule has 2 aliphatic heterocycles. The van der Waals surface area contributed by atoms with Gasteiger partial charge in [0.1, 0.15) is 0 Å². The van der Waals surface area contributed by atoms with E-state index in [1.54, 1.807) is 12.1 Å². The SMILES string of the molecule is CCN1CCN(C(=O)[C@H]2CCCN(S(=O)(=O)c3ccc4ccccc4c3)C2)CC1. The molecule has 0 N–H and O–H groups in total. The van der Waals surface area contributed by atoms with E-state index in [1.165, 1.54) is 4.31 Å². The van der Waals surface area contributed by atoms with Crippen molar-refractivity contribution in [1.82, 2.24) is 14.1 Å². The van der Waals surface area contributed by atoms with Crippen molar-refractivity contribution in [2.45, 2.75) is 24.7 Å². The standard InChI is InChI=1S/C22H29N3O3S/c1-2-23-12-14-24(15-13-23)22(26)20-8-5-11-25(17-20)29(27,28)21-10-9-18-6-3-4-7-19(18)16-21/h3-4,6-7,9-10,16,20H,2,5,8,11-15,17H2,1H3/t20-/m0/s1. The quantitative estimate of drug-likeness (QED) is 0.769. The predicted molar refractivity (Wildman–Crippen MR) is 114 cm³/mol. The van der Waals surface area contributed by atoms with Crippen molar-refractivity contribution in [3.63, 3.8) is 0 Å². The van der Waals surface area contributed by atoms with Crippen LogP contribution in [0.25, 0.3) is 10.8 Å². The Balaban J connectivity index is 1.48. The second-order valence-electron chi connectivity index (χ2n) is 7.97.